The molecular formula is C18H28N4O4. The van der Waals surface area contributed by atoms with Gasteiger partial charge in [0, 0.05) is 59.2 Å². The number of carbonyl (C=O) groups is 3. The van der Waals surface area contributed by atoms with E-state index in [0.29, 0.717) is 51.4 Å². The highest BCUT2D eigenvalue weighted by atomic mass is 16.3. The highest BCUT2D eigenvalue weighted by Crippen LogP contribution is 2.10. The van der Waals surface area contributed by atoms with E-state index in [1.54, 1.807) is 26.8 Å². The van der Waals surface area contributed by atoms with Gasteiger partial charge in [0.05, 0.1) is 6.26 Å². The van der Waals surface area contributed by atoms with Crippen LogP contribution in [-0.2, 0) is 9.59 Å². The predicted octanol–water partition coefficient (Wildman–Crippen LogP) is 0.364. The number of furan rings is 1. The molecule has 8 nitrogen and oxygen atoms in total. The van der Waals surface area contributed by atoms with Gasteiger partial charge in [-0.2, -0.15) is 0 Å². The summed E-state index contributed by atoms with van der Waals surface area (Å²) in [7, 11) is 3.90. The SMILES string of the molecule is CC(=O)N(CCC(=O)N1CCN(C(=O)c2ccco2)CC1)CCN(C)C. The van der Waals surface area contributed by atoms with Crippen molar-refractivity contribution >= 4 is 17.7 Å². The van der Waals surface area contributed by atoms with Gasteiger partial charge in [0.25, 0.3) is 5.91 Å². The Hall–Kier alpha value is -2.35. The molecule has 0 bridgehead atoms. The molecule has 26 heavy (non-hydrogen) atoms. The Labute approximate surface area is 154 Å². The number of likely N-dealkylation sites (N-methyl/N-ethyl adjacent to an activating group) is 1. The van der Waals surface area contributed by atoms with Gasteiger partial charge in [0.1, 0.15) is 0 Å². The van der Waals surface area contributed by atoms with Crippen LogP contribution in [0.1, 0.15) is 23.9 Å². The average molecular weight is 364 g/mol. The highest BCUT2D eigenvalue weighted by molar-refractivity contribution is 5.91. The van der Waals surface area contributed by atoms with Crippen LogP contribution < -0.4 is 0 Å². The van der Waals surface area contributed by atoms with E-state index in [0.717, 1.165) is 6.54 Å². The molecule has 0 atom stereocenters. The predicted molar refractivity (Wildman–Crippen MR) is 96.6 cm³/mol. The van der Waals surface area contributed by atoms with Crippen LogP contribution in [0.2, 0.25) is 0 Å². The van der Waals surface area contributed by atoms with Gasteiger partial charge >= 0.3 is 0 Å². The van der Waals surface area contributed by atoms with E-state index >= 15 is 0 Å². The van der Waals surface area contributed by atoms with E-state index in [1.807, 2.05) is 19.0 Å². The smallest absolute Gasteiger partial charge is 0.289 e. The van der Waals surface area contributed by atoms with Crippen molar-refractivity contribution < 1.29 is 18.8 Å². The molecule has 1 aromatic rings. The second-order valence-corrected chi connectivity index (χ2v) is 6.71. The molecule has 3 amide bonds. The summed E-state index contributed by atoms with van der Waals surface area (Å²) < 4.78 is 5.14. The molecule has 2 heterocycles. The Morgan fingerprint density at radius 1 is 1.04 bits per heavy atom. The van der Waals surface area contributed by atoms with Gasteiger partial charge in [-0.05, 0) is 26.2 Å². The number of carbonyl (C=O) groups excluding carboxylic acids is 3. The molecule has 0 aliphatic carbocycles. The van der Waals surface area contributed by atoms with Crippen molar-refractivity contribution in [3.63, 3.8) is 0 Å². The second-order valence-electron chi connectivity index (χ2n) is 6.71. The molecule has 0 radical (unpaired) electrons. The summed E-state index contributed by atoms with van der Waals surface area (Å²) in [5.41, 5.74) is 0. The summed E-state index contributed by atoms with van der Waals surface area (Å²) in [5.74, 6) is 0.177. The molecule has 1 saturated heterocycles. The van der Waals surface area contributed by atoms with E-state index in [2.05, 4.69) is 0 Å². The van der Waals surface area contributed by atoms with Crippen molar-refractivity contribution in [2.24, 2.45) is 0 Å². The molecule has 1 aliphatic heterocycles. The van der Waals surface area contributed by atoms with Gasteiger partial charge < -0.3 is 24.0 Å². The van der Waals surface area contributed by atoms with Gasteiger partial charge in [-0.25, -0.2) is 0 Å². The van der Waals surface area contributed by atoms with Gasteiger partial charge in [0.15, 0.2) is 5.76 Å². The Balaban J connectivity index is 1.77. The first-order chi connectivity index (χ1) is 12.4. The zero-order valence-electron chi connectivity index (χ0n) is 15.8. The van der Waals surface area contributed by atoms with Crippen LogP contribution in [0.3, 0.4) is 0 Å². The molecule has 2 rings (SSSR count). The Kier molecular flexibility index (Phi) is 7.20. The van der Waals surface area contributed by atoms with Crippen LogP contribution in [0.5, 0.6) is 0 Å². The van der Waals surface area contributed by atoms with E-state index < -0.39 is 0 Å². The van der Waals surface area contributed by atoms with E-state index in [4.69, 9.17) is 4.42 Å². The monoisotopic (exact) mass is 364 g/mol. The van der Waals surface area contributed by atoms with E-state index in [-0.39, 0.29) is 17.7 Å². The van der Waals surface area contributed by atoms with Crippen molar-refractivity contribution in [3.8, 4) is 0 Å². The molecule has 0 unspecified atom stereocenters. The molecule has 0 aromatic carbocycles. The van der Waals surface area contributed by atoms with Crippen molar-refractivity contribution in [1.82, 2.24) is 19.6 Å². The Morgan fingerprint density at radius 3 is 2.23 bits per heavy atom. The molecule has 144 valence electrons. The third-order valence-electron chi connectivity index (χ3n) is 4.51. The molecule has 1 fully saturated rings. The molecule has 1 aliphatic rings. The fourth-order valence-corrected chi connectivity index (χ4v) is 2.85. The van der Waals surface area contributed by atoms with Crippen LogP contribution in [0.15, 0.2) is 22.8 Å². The van der Waals surface area contributed by atoms with E-state index in [9.17, 15) is 14.4 Å². The summed E-state index contributed by atoms with van der Waals surface area (Å²) in [6.07, 6.45) is 1.78. The maximum atomic E-state index is 12.4. The number of rotatable bonds is 7. The zero-order chi connectivity index (χ0) is 19.1. The standard InChI is InChI=1S/C18H28N4O4/c1-15(23)20(9-8-19(2)3)7-6-17(24)21-10-12-22(13-11-21)18(25)16-5-4-14-26-16/h4-5,14H,6-13H2,1-3H3. The maximum Gasteiger partial charge on any atom is 0.289 e. The first-order valence-corrected chi connectivity index (χ1v) is 8.89. The number of hydrogen-bond donors (Lipinski definition) is 0. The third kappa shape index (κ3) is 5.59. The average Bonchev–Trinajstić information content (AvgIpc) is 3.15. The van der Waals surface area contributed by atoms with Crippen LogP contribution in [0.4, 0.5) is 0 Å². The fraction of sp³-hybridized carbons (Fsp3) is 0.611. The summed E-state index contributed by atoms with van der Waals surface area (Å²) in [4.78, 5) is 43.5. The van der Waals surface area contributed by atoms with Crippen molar-refractivity contribution in [2.45, 2.75) is 13.3 Å². The zero-order valence-corrected chi connectivity index (χ0v) is 15.8. The molecule has 0 saturated carbocycles. The lowest BCUT2D eigenvalue weighted by atomic mass is 10.2. The molecule has 1 aromatic heterocycles. The van der Waals surface area contributed by atoms with E-state index in [1.165, 1.54) is 13.2 Å². The number of amides is 3. The quantitative estimate of drug-likeness (QED) is 0.698. The van der Waals surface area contributed by atoms with Crippen molar-refractivity contribution in [2.75, 3.05) is 59.9 Å². The topological polar surface area (TPSA) is 77.3 Å². The summed E-state index contributed by atoms with van der Waals surface area (Å²) in [6, 6.07) is 3.33. The normalized spacial score (nSPS) is 14.6. The van der Waals surface area contributed by atoms with Gasteiger partial charge in [-0.15, -0.1) is 0 Å². The molecule has 0 N–H and O–H groups in total. The summed E-state index contributed by atoms with van der Waals surface area (Å²) >= 11 is 0. The fourth-order valence-electron chi connectivity index (χ4n) is 2.85. The lowest BCUT2D eigenvalue weighted by Gasteiger charge is -2.34. The third-order valence-corrected chi connectivity index (χ3v) is 4.51. The maximum absolute atomic E-state index is 12.4. The highest BCUT2D eigenvalue weighted by Gasteiger charge is 2.26. The number of nitrogens with zero attached hydrogens (tertiary/aromatic N) is 4. The van der Waals surface area contributed by atoms with Crippen LogP contribution >= 0.6 is 0 Å². The minimum absolute atomic E-state index is 0.0196. The lowest BCUT2D eigenvalue weighted by Crippen LogP contribution is -2.51. The number of piperazine rings is 1. The molecule has 0 spiro atoms. The van der Waals surface area contributed by atoms with Crippen molar-refractivity contribution in [3.05, 3.63) is 24.2 Å². The second kappa shape index (κ2) is 9.38. The van der Waals surface area contributed by atoms with Gasteiger partial charge in [0.2, 0.25) is 11.8 Å². The lowest BCUT2D eigenvalue weighted by molar-refractivity contribution is -0.134. The Bertz CT molecular complexity index is 607. The first-order valence-electron chi connectivity index (χ1n) is 8.89. The minimum Gasteiger partial charge on any atom is -0.459 e. The molecular weight excluding hydrogens is 336 g/mol. The Morgan fingerprint density at radius 2 is 1.69 bits per heavy atom. The first kappa shape index (κ1) is 20.0. The van der Waals surface area contributed by atoms with Crippen LogP contribution in [0.25, 0.3) is 0 Å². The minimum atomic E-state index is -0.145. The van der Waals surface area contributed by atoms with Crippen LogP contribution in [-0.4, -0.2) is 97.2 Å². The van der Waals surface area contributed by atoms with Gasteiger partial charge in [-0.3, -0.25) is 14.4 Å². The largest absolute Gasteiger partial charge is 0.459 e. The van der Waals surface area contributed by atoms with Crippen LogP contribution in [0, 0.1) is 0 Å². The number of hydrogen-bond acceptors (Lipinski definition) is 5. The summed E-state index contributed by atoms with van der Waals surface area (Å²) in [6.45, 7) is 5.31. The molecule has 8 heteroatoms. The van der Waals surface area contributed by atoms with Gasteiger partial charge in [-0.1, -0.05) is 0 Å². The van der Waals surface area contributed by atoms with Crippen molar-refractivity contribution in [1.29, 1.82) is 0 Å². The summed E-state index contributed by atoms with van der Waals surface area (Å²) in [5, 5.41) is 0.